The Hall–Kier alpha value is -3.98. The van der Waals surface area contributed by atoms with Gasteiger partial charge in [0.25, 0.3) is 0 Å². The Morgan fingerprint density at radius 3 is 2.78 bits per heavy atom. The van der Waals surface area contributed by atoms with Crippen LogP contribution in [0, 0.1) is 11.3 Å². The molecule has 1 aromatic carbocycles. The van der Waals surface area contributed by atoms with E-state index >= 15 is 0 Å². The lowest BCUT2D eigenvalue weighted by Crippen LogP contribution is -2.00. The number of rotatable bonds is 4. The van der Waals surface area contributed by atoms with Gasteiger partial charge in [0, 0.05) is 41.7 Å². The summed E-state index contributed by atoms with van der Waals surface area (Å²) in [6.45, 7) is 4.05. The van der Waals surface area contributed by atoms with Crippen LogP contribution in [-0.4, -0.2) is 19.5 Å². The van der Waals surface area contributed by atoms with Crippen molar-refractivity contribution in [2.24, 2.45) is 7.05 Å². The van der Waals surface area contributed by atoms with Crippen LogP contribution >= 0.6 is 0 Å². The smallest absolute Gasteiger partial charge is 0.141 e. The van der Waals surface area contributed by atoms with Crippen molar-refractivity contribution in [1.29, 1.82) is 5.26 Å². The van der Waals surface area contributed by atoms with E-state index in [1.807, 2.05) is 42.2 Å². The Bertz CT molecular complexity index is 1200. The Balaban J connectivity index is 1.65. The number of nitrogens with zero attached hydrogens (tertiary/aromatic N) is 5. The second kappa shape index (κ2) is 6.73. The number of nitriles is 1. The van der Waals surface area contributed by atoms with Gasteiger partial charge < -0.3 is 9.88 Å². The molecule has 6 heteroatoms. The van der Waals surface area contributed by atoms with Crippen molar-refractivity contribution in [2.75, 3.05) is 5.32 Å². The number of imidazole rings is 1. The zero-order chi connectivity index (χ0) is 18.8. The van der Waals surface area contributed by atoms with Crippen molar-refractivity contribution in [2.45, 2.75) is 0 Å². The number of hydrogen-bond donors (Lipinski definition) is 1. The molecule has 4 rings (SSSR count). The average molecular weight is 352 g/mol. The van der Waals surface area contributed by atoms with Crippen molar-refractivity contribution < 1.29 is 0 Å². The number of anilines is 1. The Kier molecular flexibility index (Phi) is 4.11. The topological polar surface area (TPSA) is 79.4 Å². The van der Waals surface area contributed by atoms with Crippen LogP contribution in [0.5, 0.6) is 0 Å². The minimum atomic E-state index is 0.350. The number of pyridine rings is 2. The number of benzene rings is 1. The van der Waals surface area contributed by atoms with Gasteiger partial charge in [-0.25, -0.2) is 15.0 Å². The summed E-state index contributed by atoms with van der Waals surface area (Å²) in [4.78, 5) is 12.6. The monoisotopic (exact) mass is 352 g/mol. The molecule has 0 aliphatic carbocycles. The molecule has 130 valence electrons. The third-order valence-electron chi connectivity index (χ3n) is 4.34. The summed E-state index contributed by atoms with van der Waals surface area (Å²) in [5, 5.41) is 14.3. The number of hydrogen-bond acceptors (Lipinski definition) is 5. The number of fused-ring (bicyclic) bond motifs is 1. The first-order chi connectivity index (χ1) is 13.1. The van der Waals surface area contributed by atoms with Gasteiger partial charge in [-0.3, -0.25) is 0 Å². The van der Waals surface area contributed by atoms with Crippen LogP contribution in [0.4, 0.5) is 5.82 Å². The quantitative estimate of drug-likeness (QED) is 0.601. The van der Waals surface area contributed by atoms with Crippen LogP contribution in [0.1, 0.15) is 11.3 Å². The van der Waals surface area contributed by atoms with Crippen molar-refractivity contribution in [1.82, 2.24) is 19.5 Å². The molecule has 0 atom stereocenters. The molecule has 4 aromatic rings. The molecule has 0 saturated heterocycles. The normalized spacial score (nSPS) is 10.5. The van der Waals surface area contributed by atoms with Gasteiger partial charge in [0.2, 0.25) is 0 Å². The fourth-order valence-electron chi connectivity index (χ4n) is 2.91. The van der Waals surface area contributed by atoms with E-state index in [9.17, 15) is 0 Å². The van der Waals surface area contributed by atoms with Gasteiger partial charge in [-0.15, -0.1) is 0 Å². The third-order valence-corrected chi connectivity index (χ3v) is 4.34. The Labute approximate surface area is 156 Å². The zero-order valence-corrected chi connectivity index (χ0v) is 14.7. The predicted molar refractivity (Wildman–Crippen MR) is 106 cm³/mol. The molecule has 0 fully saturated rings. The highest BCUT2D eigenvalue weighted by atomic mass is 15.0. The highest BCUT2D eigenvalue weighted by Gasteiger charge is 2.07. The maximum Gasteiger partial charge on any atom is 0.141 e. The summed E-state index contributed by atoms with van der Waals surface area (Å²) in [5.41, 5.74) is 3.94. The standard InChI is InChI=1S/C21H16N6/c1-14(15-5-6-24-19(8-15)10-22)26-21-9-18-7-16(3-4-17(18)11-25-21)20-12-23-13-27(20)2/h3-9,11-13H,1H2,2H3,(H,25,26). The fourth-order valence-corrected chi connectivity index (χ4v) is 2.91. The highest BCUT2D eigenvalue weighted by molar-refractivity contribution is 5.89. The fraction of sp³-hybridized carbons (Fsp3) is 0.0476. The molecule has 3 aromatic heterocycles. The molecule has 0 bridgehead atoms. The van der Waals surface area contributed by atoms with Crippen molar-refractivity contribution in [3.63, 3.8) is 0 Å². The molecule has 27 heavy (non-hydrogen) atoms. The molecular weight excluding hydrogens is 336 g/mol. The maximum absolute atomic E-state index is 8.99. The molecule has 0 saturated carbocycles. The van der Waals surface area contributed by atoms with Crippen LogP contribution in [-0.2, 0) is 7.05 Å². The van der Waals surface area contributed by atoms with Gasteiger partial charge in [-0.05, 0) is 29.7 Å². The van der Waals surface area contributed by atoms with E-state index in [0.29, 0.717) is 17.2 Å². The van der Waals surface area contributed by atoms with E-state index in [1.165, 1.54) is 0 Å². The largest absolute Gasteiger partial charge is 0.340 e. The second-order valence-electron chi connectivity index (χ2n) is 6.17. The van der Waals surface area contributed by atoms with Crippen LogP contribution in [0.2, 0.25) is 0 Å². The maximum atomic E-state index is 8.99. The summed E-state index contributed by atoms with van der Waals surface area (Å²) in [6, 6.07) is 13.7. The minimum absolute atomic E-state index is 0.350. The highest BCUT2D eigenvalue weighted by Crippen LogP contribution is 2.26. The first-order valence-corrected chi connectivity index (χ1v) is 8.33. The minimum Gasteiger partial charge on any atom is -0.340 e. The van der Waals surface area contributed by atoms with Gasteiger partial charge in [0.1, 0.15) is 17.6 Å². The molecule has 0 radical (unpaired) electrons. The lowest BCUT2D eigenvalue weighted by molar-refractivity contribution is 0.921. The van der Waals surface area contributed by atoms with Crippen LogP contribution < -0.4 is 5.32 Å². The van der Waals surface area contributed by atoms with Crippen LogP contribution in [0.3, 0.4) is 0 Å². The molecule has 3 heterocycles. The number of nitrogens with one attached hydrogen (secondary N) is 1. The van der Waals surface area contributed by atoms with Crippen molar-refractivity contribution >= 4 is 22.3 Å². The number of aromatic nitrogens is 4. The lowest BCUT2D eigenvalue weighted by atomic mass is 10.1. The van der Waals surface area contributed by atoms with Crippen LogP contribution in [0.25, 0.3) is 27.7 Å². The zero-order valence-electron chi connectivity index (χ0n) is 14.7. The second-order valence-corrected chi connectivity index (χ2v) is 6.17. The van der Waals surface area contributed by atoms with E-state index in [4.69, 9.17) is 5.26 Å². The van der Waals surface area contributed by atoms with Gasteiger partial charge in [0.15, 0.2) is 0 Å². The summed E-state index contributed by atoms with van der Waals surface area (Å²) in [6.07, 6.45) is 7.05. The van der Waals surface area contributed by atoms with Crippen LogP contribution in [0.15, 0.2) is 67.9 Å². The van der Waals surface area contributed by atoms with Gasteiger partial charge >= 0.3 is 0 Å². The summed E-state index contributed by atoms with van der Waals surface area (Å²) >= 11 is 0. The van der Waals surface area contributed by atoms with E-state index in [-0.39, 0.29) is 0 Å². The molecule has 1 N–H and O–H groups in total. The Morgan fingerprint density at radius 2 is 2.00 bits per heavy atom. The van der Waals surface area contributed by atoms with Gasteiger partial charge in [-0.2, -0.15) is 5.26 Å². The van der Waals surface area contributed by atoms with Gasteiger partial charge in [-0.1, -0.05) is 18.7 Å². The summed E-state index contributed by atoms with van der Waals surface area (Å²) in [7, 11) is 1.97. The van der Waals surface area contributed by atoms with E-state index in [2.05, 4.69) is 39.0 Å². The number of aryl methyl sites for hydroxylation is 1. The van der Waals surface area contributed by atoms with Gasteiger partial charge in [0.05, 0.1) is 18.2 Å². The molecule has 0 spiro atoms. The molecule has 0 aliphatic heterocycles. The molecule has 0 unspecified atom stereocenters. The first-order valence-electron chi connectivity index (χ1n) is 8.33. The average Bonchev–Trinajstić information content (AvgIpc) is 3.13. The summed E-state index contributed by atoms with van der Waals surface area (Å²) in [5.74, 6) is 0.685. The predicted octanol–water partition coefficient (Wildman–Crippen LogP) is 3.98. The molecular formula is C21H16N6. The van der Waals surface area contributed by atoms with E-state index in [0.717, 1.165) is 27.6 Å². The summed E-state index contributed by atoms with van der Waals surface area (Å²) < 4.78 is 1.99. The van der Waals surface area contributed by atoms with Crippen molar-refractivity contribution in [3.05, 3.63) is 79.2 Å². The first kappa shape index (κ1) is 16.5. The Morgan fingerprint density at radius 1 is 1.11 bits per heavy atom. The van der Waals surface area contributed by atoms with E-state index < -0.39 is 0 Å². The molecule has 6 nitrogen and oxygen atoms in total. The molecule has 0 amide bonds. The SMILES string of the molecule is C=C(Nc1cc2cc(-c3cncn3C)ccc2cn1)c1ccnc(C#N)c1. The lowest BCUT2D eigenvalue weighted by Gasteiger charge is -2.10. The third kappa shape index (κ3) is 3.26. The van der Waals surface area contributed by atoms with Crippen molar-refractivity contribution in [3.8, 4) is 17.3 Å². The van der Waals surface area contributed by atoms with E-state index in [1.54, 1.807) is 24.7 Å². The molecule has 0 aliphatic rings.